The summed E-state index contributed by atoms with van der Waals surface area (Å²) in [7, 11) is 0. The van der Waals surface area contributed by atoms with Crippen molar-refractivity contribution in [2.75, 3.05) is 5.32 Å². The summed E-state index contributed by atoms with van der Waals surface area (Å²) in [6.45, 7) is 0.752. The summed E-state index contributed by atoms with van der Waals surface area (Å²) in [5.41, 5.74) is 3.10. The van der Waals surface area contributed by atoms with Crippen LogP contribution in [0.5, 0.6) is 0 Å². The lowest BCUT2D eigenvalue weighted by Gasteiger charge is -2.19. The number of amides is 1. The van der Waals surface area contributed by atoms with Gasteiger partial charge in [-0.3, -0.25) is 4.79 Å². The highest BCUT2D eigenvalue weighted by Gasteiger charge is 2.38. The highest BCUT2D eigenvalue weighted by atomic mass is 32.1. The van der Waals surface area contributed by atoms with Crippen molar-refractivity contribution in [2.24, 2.45) is 5.73 Å². The molecule has 0 fully saturated rings. The number of anilines is 1. The molecule has 2 aromatic heterocycles. The number of carbonyl (C=O) groups is 1. The maximum atomic E-state index is 13.3. The molecule has 0 aliphatic rings. The lowest BCUT2D eigenvalue weighted by Crippen LogP contribution is -2.33. The van der Waals surface area contributed by atoms with Crippen molar-refractivity contribution in [3.63, 3.8) is 0 Å². The molecule has 2 rings (SSSR count). The van der Waals surface area contributed by atoms with Gasteiger partial charge in [-0.2, -0.15) is 26.3 Å². The first-order valence-electron chi connectivity index (χ1n) is 6.55. The number of pyridine rings is 1. The molecule has 0 aliphatic heterocycles. The SMILES string of the molecule is CC(Nc1cc(C(F)(F)F)c(-c2csc(C(N)=O)n2)cn1)C(F)(F)F. The smallest absolute Gasteiger partial charge is 0.364 e. The summed E-state index contributed by atoms with van der Waals surface area (Å²) >= 11 is 0.745. The number of rotatable bonds is 4. The summed E-state index contributed by atoms with van der Waals surface area (Å²) in [6, 6.07) is -1.63. The predicted molar refractivity (Wildman–Crippen MR) is 78.0 cm³/mol. The minimum absolute atomic E-state index is 0.198. The van der Waals surface area contributed by atoms with Gasteiger partial charge in [0.05, 0.1) is 11.3 Å². The summed E-state index contributed by atoms with van der Waals surface area (Å²) in [5.74, 6) is -1.50. The van der Waals surface area contributed by atoms with Crippen LogP contribution in [0.1, 0.15) is 22.3 Å². The number of hydrogen-bond acceptors (Lipinski definition) is 5. The fraction of sp³-hybridized carbons (Fsp3) is 0.308. The first kappa shape index (κ1) is 19.0. The summed E-state index contributed by atoms with van der Waals surface area (Å²) in [5, 5.41) is 2.85. The molecule has 2 heterocycles. The fourth-order valence-electron chi connectivity index (χ4n) is 1.79. The van der Waals surface area contributed by atoms with Gasteiger partial charge in [0.15, 0.2) is 5.01 Å². The van der Waals surface area contributed by atoms with Crippen molar-refractivity contribution < 1.29 is 31.1 Å². The molecular formula is C13H10F6N4OS. The van der Waals surface area contributed by atoms with E-state index in [9.17, 15) is 31.1 Å². The molecular weight excluding hydrogens is 374 g/mol. The second-order valence-electron chi connectivity index (χ2n) is 4.92. The van der Waals surface area contributed by atoms with Crippen molar-refractivity contribution in [3.8, 4) is 11.3 Å². The van der Waals surface area contributed by atoms with Crippen molar-refractivity contribution in [2.45, 2.75) is 25.3 Å². The highest BCUT2D eigenvalue weighted by molar-refractivity contribution is 7.12. The number of hydrogen-bond donors (Lipinski definition) is 2. The molecule has 0 aromatic carbocycles. The average Bonchev–Trinajstić information content (AvgIpc) is 2.95. The van der Waals surface area contributed by atoms with E-state index < -0.39 is 41.2 Å². The van der Waals surface area contributed by atoms with Gasteiger partial charge in [0, 0.05) is 17.1 Å². The Kier molecular flexibility index (Phi) is 4.93. The van der Waals surface area contributed by atoms with E-state index in [1.54, 1.807) is 0 Å². The molecule has 5 nitrogen and oxygen atoms in total. The van der Waals surface area contributed by atoms with Gasteiger partial charge in [0.2, 0.25) is 0 Å². The Labute approximate surface area is 140 Å². The second kappa shape index (κ2) is 6.50. The number of nitrogens with two attached hydrogens (primary N) is 1. The van der Waals surface area contributed by atoms with E-state index in [1.807, 2.05) is 5.32 Å². The maximum Gasteiger partial charge on any atom is 0.417 e. The van der Waals surface area contributed by atoms with Gasteiger partial charge in [0.25, 0.3) is 5.91 Å². The zero-order chi connectivity index (χ0) is 19.0. The van der Waals surface area contributed by atoms with E-state index in [0.717, 1.165) is 24.5 Å². The Morgan fingerprint density at radius 3 is 2.40 bits per heavy atom. The number of thiazole rings is 1. The van der Waals surface area contributed by atoms with Crippen LogP contribution in [0.25, 0.3) is 11.3 Å². The van der Waals surface area contributed by atoms with Gasteiger partial charge in [-0.05, 0) is 13.0 Å². The molecule has 0 spiro atoms. The van der Waals surface area contributed by atoms with Gasteiger partial charge in [-0.15, -0.1) is 11.3 Å². The molecule has 3 N–H and O–H groups in total. The topological polar surface area (TPSA) is 80.9 Å². The third-order valence-corrected chi connectivity index (χ3v) is 3.91. The Balaban J connectivity index is 2.46. The minimum Gasteiger partial charge on any atom is -0.364 e. The van der Waals surface area contributed by atoms with Gasteiger partial charge in [0.1, 0.15) is 11.9 Å². The molecule has 0 saturated heterocycles. The van der Waals surface area contributed by atoms with Crippen molar-refractivity contribution in [3.05, 3.63) is 28.2 Å². The molecule has 12 heteroatoms. The zero-order valence-corrected chi connectivity index (χ0v) is 13.2. The average molecular weight is 384 g/mol. The fourth-order valence-corrected chi connectivity index (χ4v) is 2.46. The van der Waals surface area contributed by atoms with Crippen LogP contribution in [0.4, 0.5) is 32.2 Å². The Bertz CT molecular complexity index is 786. The number of nitrogens with one attached hydrogen (secondary N) is 1. The monoisotopic (exact) mass is 384 g/mol. The van der Waals surface area contributed by atoms with Crippen LogP contribution in [0.3, 0.4) is 0 Å². The molecule has 136 valence electrons. The van der Waals surface area contributed by atoms with Crippen LogP contribution in [-0.4, -0.2) is 28.1 Å². The van der Waals surface area contributed by atoms with E-state index in [2.05, 4.69) is 9.97 Å². The number of carbonyl (C=O) groups excluding carboxylic acids is 1. The first-order chi connectivity index (χ1) is 11.4. The Morgan fingerprint density at radius 1 is 1.28 bits per heavy atom. The van der Waals surface area contributed by atoms with E-state index in [0.29, 0.717) is 6.07 Å². The van der Waals surface area contributed by atoms with Crippen LogP contribution in [0.2, 0.25) is 0 Å². The minimum atomic E-state index is -4.87. The molecule has 0 radical (unpaired) electrons. The van der Waals surface area contributed by atoms with Crippen molar-refractivity contribution >= 4 is 23.1 Å². The molecule has 0 bridgehead atoms. The molecule has 2 aromatic rings. The molecule has 1 atom stereocenters. The molecule has 0 aliphatic carbocycles. The van der Waals surface area contributed by atoms with Gasteiger partial charge in [-0.1, -0.05) is 0 Å². The summed E-state index contributed by atoms with van der Waals surface area (Å²) in [6.07, 6.45) is -8.77. The standard InChI is InChI=1S/C13H10F6N4OS/c1-5(12(14,15)16)22-9-2-7(13(17,18)19)6(3-21-9)8-4-25-11(23-8)10(20)24/h2-5H,1H3,(H2,20,24)(H,21,22). The molecule has 25 heavy (non-hydrogen) atoms. The quantitative estimate of drug-likeness (QED) is 0.788. The number of halogens is 6. The summed E-state index contributed by atoms with van der Waals surface area (Å²) < 4.78 is 77.4. The molecule has 1 unspecified atom stereocenters. The van der Waals surface area contributed by atoms with E-state index >= 15 is 0 Å². The largest absolute Gasteiger partial charge is 0.417 e. The van der Waals surface area contributed by atoms with E-state index in [1.165, 1.54) is 5.38 Å². The third-order valence-electron chi connectivity index (χ3n) is 3.06. The van der Waals surface area contributed by atoms with Gasteiger partial charge >= 0.3 is 12.4 Å². The molecule has 0 saturated carbocycles. The van der Waals surface area contributed by atoms with Crippen LogP contribution in [-0.2, 0) is 6.18 Å². The van der Waals surface area contributed by atoms with Crippen molar-refractivity contribution in [1.29, 1.82) is 0 Å². The lowest BCUT2D eigenvalue weighted by atomic mass is 10.1. The third kappa shape index (κ3) is 4.38. The Hall–Kier alpha value is -2.37. The van der Waals surface area contributed by atoms with E-state index in [-0.39, 0.29) is 10.7 Å². The number of aromatic nitrogens is 2. The van der Waals surface area contributed by atoms with Crippen LogP contribution in [0, 0.1) is 0 Å². The van der Waals surface area contributed by atoms with Gasteiger partial charge < -0.3 is 11.1 Å². The summed E-state index contributed by atoms with van der Waals surface area (Å²) in [4.78, 5) is 18.3. The maximum absolute atomic E-state index is 13.3. The highest BCUT2D eigenvalue weighted by Crippen LogP contribution is 2.38. The van der Waals surface area contributed by atoms with Crippen LogP contribution in [0.15, 0.2) is 17.6 Å². The molecule has 1 amide bonds. The normalized spacial score (nSPS) is 13.6. The second-order valence-corrected chi connectivity index (χ2v) is 5.78. The lowest BCUT2D eigenvalue weighted by molar-refractivity contribution is -0.138. The van der Waals surface area contributed by atoms with Crippen molar-refractivity contribution in [1.82, 2.24) is 9.97 Å². The Morgan fingerprint density at radius 2 is 1.92 bits per heavy atom. The number of primary amides is 1. The van der Waals surface area contributed by atoms with Crippen LogP contribution < -0.4 is 11.1 Å². The number of alkyl halides is 6. The predicted octanol–water partition coefficient (Wildman–Crippen LogP) is 3.69. The zero-order valence-electron chi connectivity index (χ0n) is 12.4. The number of nitrogens with zero attached hydrogens (tertiary/aromatic N) is 2. The van der Waals surface area contributed by atoms with E-state index in [4.69, 9.17) is 5.73 Å². The van der Waals surface area contributed by atoms with Crippen LogP contribution >= 0.6 is 11.3 Å². The van der Waals surface area contributed by atoms with Gasteiger partial charge in [-0.25, -0.2) is 9.97 Å². The first-order valence-corrected chi connectivity index (χ1v) is 7.43.